The number of hydrogen-bond donors (Lipinski definition) is 0. The average molecular weight is 285 g/mol. The topological polar surface area (TPSA) is 91.5 Å². The molecule has 0 fully saturated rings. The average Bonchev–Trinajstić information content (AvgIpc) is 1.69. The van der Waals surface area contributed by atoms with Gasteiger partial charge in [0.2, 0.25) is 0 Å². The molecular formula is C6H8ClO3Sb-2. The van der Waals surface area contributed by atoms with E-state index in [9.17, 15) is 0 Å². The molecule has 4 radical (unpaired) electrons. The van der Waals surface area contributed by atoms with E-state index in [1.54, 1.807) is 24.6 Å². The predicted molar refractivity (Wildman–Crippen MR) is 44.1 cm³/mol. The Morgan fingerprint density at radius 1 is 1.18 bits per heavy atom. The molecule has 0 heterocycles. The van der Waals surface area contributed by atoms with Gasteiger partial charge in [0.15, 0.2) is 0 Å². The molecule has 5 heteroatoms. The first kappa shape index (κ1) is 22.5. The summed E-state index contributed by atoms with van der Waals surface area (Å²) in [6.45, 7) is 0. The maximum absolute atomic E-state index is 5.52. The van der Waals surface area contributed by atoms with Crippen LogP contribution < -0.4 is 0 Å². The summed E-state index contributed by atoms with van der Waals surface area (Å²) in [4.78, 5) is 0. The van der Waals surface area contributed by atoms with Crippen molar-refractivity contribution in [3.8, 4) is 0 Å². The minimum atomic E-state index is 0. The second kappa shape index (κ2) is 12.9. The summed E-state index contributed by atoms with van der Waals surface area (Å²) in [5.41, 5.74) is 2.85. The number of rotatable bonds is 0. The standard InChI is InChI=1S/C6H4Cl.3H2O.Sb/c7-6-4-2-1-3-5-6;;;;/h2-5H;3*1H2;/p-2. The monoisotopic (exact) mass is 284 g/mol. The summed E-state index contributed by atoms with van der Waals surface area (Å²) >= 11 is 5.52. The second-order valence-corrected chi connectivity index (χ2v) is 1.65. The van der Waals surface area contributed by atoms with Gasteiger partial charge in [-0.05, 0) is 18.2 Å². The Labute approximate surface area is 87.8 Å². The van der Waals surface area contributed by atoms with Gasteiger partial charge in [0.25, 0.3) is 0 Å². The smallest absolute Gasteiger partial charge is 0.0320 e. The molecule has 0 aromatic heterocycles. The Morgan fingerprint density at radius 3 is 1.91 bits per heavy atom. The van der Waals surface area contributed by atoms with Crippen molar-refractivity contribution in [3.05, 3.63) is 35.4 Å². The van der Waals surface area contributed by atoms with Gasteiger partial charge in [-0.1, -0.05) is 11.6 Å². The molecule has 1 aliphatic carbocycles. The quantitative estimate of drug-likeness (QED) is 0.478. The third-order valence-corrected chi connectivity index (χ3v) is 0.930. The molecule has 3 nitrogen and oxygen atoms in total. The van der Waals surface area contributed by atoms with Crippen molar-refractivity contribution in [3.63, 3.8) is 0 Å². The van der Waals surface area contributed by atoms with Gasteiger partial charge in [-0.3, -0.25) is 0 Å². The summed E-state index contributed by atoms with van der Waals surface area (Å²) < 4.78 is 0. The van der Waals surface area contributed by atoms with E-state index in [4.69, 9.17) is 11.6 Å². The fraction of sp³-hybridized carbons (Fsp3) is 0. The van der Waals surface area contributed by atoms with E-state index in [1.807, 2.05) is 0 Å². The molecule has 4 N–H and O–H groups in total. The van der Waals surface area contributed by atoms with Crippen LogP contribution in [0.4, 0.5) is 0 Å². The largest absolute Gasteiger partial charge is 0.870 e. The van der Waals surface area contributed by atoms with Gasteiger partial charge in [0, 0.05) is 35.9 Å². The van der Waals surface area contributed by atoms with Crippen molar-refractivity contribution >= 4 is 36.0 Å². The Kier molecular flexibility index (Phi) is 26.3. The first-order chi connectivity index (χ1) is 3.39. The van der Waals surface area contributed by atoms with Gasteiger partial charge >= 0.3 is 0 Å². The van der Waals surface area contributed by atoms with Crippen molar-refractivity contribution in [2.75, 3.05) is 0 Å². The molecule has 64 valence electrons. The van der Waals surface area contributed by atoms with Crippen molar-refractivity contribution in [1.82, 2.24) is 0 Å². The molecule has 0 aromatic carbocycles. The Hall–Kier alpha value is 0.248. The number of allylic oxidation sites excluding steroid dienone is 3. The van der Waals surface area contributed by atoms with E-state index < -0.39 is 0 Å². The molecule has 0 amide bonds. The molecule has 1 aliphatic rings. The first-order valence-electron chi connectivity index (χ1n) is 2.01. The molecular weight excluding hydrogens is 277 g/mol. The molecule has 0 atom stereocenters. The van der Waals surface area contributed by atoms with E-state index >= 15 is 0 Å². The summed E-state index contributed by atoms with van der Waals surface area (Å²) in [6, 6.07) is 0. The van der Waals surface area contributed by atoms with Crippen LogP contribution in [0.1, 0.15) is 0 Å². The predicted octanol–water partition coefficient (Wildman–Crippen LogP) is 0.479. The number of halogens is 1. The summed E-state index contributed by atoms with van der Waals surface area (Å²) in [6.07, 6.45) is 7.15. The van der Waals surface area contributed by atoms with Crippen LogP contribution in [-0.2, 0) is 0 Å². The van der Waals surface area contributed by atoms with Gasteiger partial charge in [0.05, 0.1) is 0 Å². The van der Waals surface area contributed by atoms with E-state index in [0.717, 1.165) is 5.03 Å². The molecule has 0 saturated carbocycles. The van der Waals surface area contributed by atoms with Gasteiger partial charge in [0.1, 0.15) is 0 Å². The summed E-state index contributed by atoms with van der Waals surface area (Å²) in [7, 11) is 0. The Morgan fingerprint density at radius 2 is 1.73 bits per heavy atom. The van der Waals surface area contributed by atoms with Crippen molar-refractivity contribution in [2.24, 2.45) is 0 Å². The number of hydrogen-bond acceptors (Lipinski definition) is 2. The third kappa shape index (κ3) is 10.2. The van der Waals surface area contributed by atoms with Crippen LogP contribution in [0.3, 0.4) is 0 Å². The van der Waals surface area contributed by atoms with Crippen LogP contribution in [0.25, 0.3) is 0 Å². The molecule has 0 spiro atoms. The van der Waals surface area contributed by atoms with E-state index in [0.29, 0.717) is 0 Å². The molecule has 0 aliphatic heterocycles. The summed E-state index contributed by atoms with van der Waals surface area (Å²) in [5, 5.41) is 0.763. The Bertz CT molecular complexity index is 161. The normalized spacial score (nSPS) is 10.8. The van der Waals surface area contributed by atoms with E-state index in [1.165, 1.54) is 0 Å². The van der Waals surface area contributed by atoms with Crippen LogP contribution in [0, 0.1) is 6.42 Å². The molecule has 0 aromatic rings. The van der Waals surface area contributed by atoms with Crippen LogP contribution in [-0.4, -0.2) is 40.9 Å². The molecule has 0 bridgehead atoms. The first-order valence-corrected chi connectivity index (χ1v) is 2.39. The zero-order valence-corrected chi connectivity index (χ0v) is 8.84. The van der Waals surface area contributed by atoms with Crippen molar-refractivity contribution in [2.45, 2.75) is 0 Å². The van der Waals surface area contributed by atoms with E-state index in [-0.39, 0.29) is 40.9 Å². The minimum absolute atomic E-state index is 0. The van der Waals surface area contributed by atoms with Crippen LogP contribution >= 0.6 is 11.6 Å². The van der Waals surface area contributed by atoms with Crippen molar-refractivity contribution in [1.29, 1.82) is 0 Å². The zero-order chi connectivity index (χ0) is 5.11. The van der Waals surface area contributed by atoms with Gasteiger partial charge in [-0.2, -0.15) is 0 Å². The molecule has 11 heavy (non-hydrogen) atoms. The fourth-order valence-electron chi connectivity index (χ4n) is 0.367. The minimum Gasteiger partial charge on any atom is -0.870 e. The maximum atomic E-state index is 5.52. The van der Waals surface area contributed by atoms with Crippen LogP contribution in [0.5, 0.6) is 0 Å². The zero-order valence-electron chi connectivity index (χ0n) is 5.53. The SMILES string of the molecule is ClC1=CC=C=C[CH]1.O.[OH-].[OH-].[Sb]. The van der Waals surface area contributed by atoms with Crippen LogP contribution in [0.2, 0.25) is 0 Å². The maximum Gasteiger partial charge on any atom is 0.0320 e. The molecule has 1 rings (SSSR count). The van der Waals surface area contributed by atoms with Crippen LogP contribution in [0.15, 0.2) is 29.0 Å². The molecule has 0 unspecified atom stereocenters. The van der Waals surface area contributed by atoms with Crippen molar-refractivity contribution < 1.29 is 16.4 Å². The summed E-state index contributed by atoms with van der Waals surface area (Å²) in [5.74, 6) is 0. The van der Waals surface area contributed by atoms with Gasteiger partial charge in [-0.15, -0.1) is 5.73 Å². The van der Waals surface area contributed by atoms with E-state index in [2.05, 4.69) is 5.73 Å². The third-order valence-electron chi connectivity index (χ3n) is 0.678. The van der Waals surface area contributed by atoms with Gasteiger partial charge < -0.3 is 16.4 Å². The fourth-order valence-corrected chi connectivity index (χ4v) is 0.493. The molecule has 0 saturated heterocycles. The van der Waals surface area contributed by atoms with Gasteiger partial charge in [-0.25, -0.2) is 0 Å². The second-order valence-electron chi connectivity index (χ2n) is 1.22. The Balaban J connectivity index is -0.0000000612.